The number of carbonyl (C=O) groups excluding carboxylic acids is 1. The second kappa shape index (κ2) is 8.14. The number of hydrogen-bond acceptors (Lipinski definition) is 6. The lowest BCUT2D eigenvalue weighted by Crippen LogP contribution is -2.54. The van der Waals surface area contributed by atoms with Gasteiger partial charge < -0.3 is 15.0 Å². The molecule has 0 radical (unpaired) electrons. The van der Waals surface area contributed by atoms with Crippen LogP contribution >= 0.6 is 0 Å². The highest BCUT2D eigenvalue weighted by Crippen LogP contribution is 2.32. The summed E-state index contributed by atoms with van der Waals surface area (Å²) >= 11 is 0. The van der Waals surface area contributed by atoms with Gasteiger partial charge in [0.2, 0.25) is 11.8 Å². The summed E-state index contributed by atoms with van der Waals surface area (Å²) < 4.78 is 5.98. The van der Waals surface area contributed by atoms with Crippen LogP contribution in [0.15, 0.2) is 24.5 Å². The van der Waals surface area contributed by atoms with Crippen LogP contribution in [-0.2, 0) is 4.79 Å². The Morgan fingerprint density at radius 1 is 1.07 bits per heavy atom. The van der Waals surface area contributed by atoms with Crippen molar-refractivity contribution in [3.05, 3.63) is 24.5 Å². The molecule has 3 heterocycles. The zero-order valence-electron chi connectivity index (χ0n) is 16.8. The molecule has 0 spiro atoms. The Labute approximate surface area is 171 Å². The summed E-state index contributed by atoms with van der Waals surface area (Å²) in [5.74, 6) is 1.59. The third-order valence-corrected chi connectivity index (χ3v) is 6.36. The van der Waals surface area contributed by atoms with Crippen LogP contribution in [0.25, 0.3) is 10.9 Å². The molecule has 5 rings (SSSR count). The highest BCUT2D eigenvalue weighted by atomic mass is 16.5. The van der Waals surface area contributed by atoms with Gasteiger partial charge in [0.05, 0.1) is 23.6 Å². The van der Waals surface area contributed by atoms with Crippen molar-refractivity contribution in [1.82, 2.24) is 20.2 Å². The van der Waals surface area contributed by atoms with E-state index < -0.39 is 0 Å². The summed E-state index contributed by atoms with van der Waals surface area (Å²) in [6, 6.07) is 6.38. The minimum Gasteiger partial charge on any atom is -0.477 e. The number of anilines is 1. The predicted molar refractivity (Wildman–Crippen MR) is 112 cm³/mol. The molecular weight excluding hydrogens is 366 g/mol. The molecule has 0 bridgehead atoms. The number of carbonyl (C=O) groups is 1. The zero-order chi connectivity index (χ0) is 19.6. The molecule has 2 aliphatic heterocycles. The summed E-state index contributed by atoms with van der Waals surface area (Å²) in [6.45, 7) is 5.22. The van der Waals surface area contributed by atoms with Gasteiger partial charge in [0.15, 0.2) is 0 Å². The summed E-state index contributed by atoms with van der Waals surface area (Å²) in [4.78, 5) is 25.9. The number of hydrogen-bond donors (Lipinski definition) is 1. The maximum absolute atomic E-state index is 12.4. The van der Waals surface area contributed by atoms with Gasteiger partial charge in [-0.05, 0) is 56.2 Å². The van der Waals surface area contributed by atoms with E-state index in [1.54, 1.807) is 6.33 Å². The number of rotatable bonds is 5. The number of nitrogens with zero attached hydrogens (tertiary/aromatic N) is 4. The third kappa shape index (κ3) is 4.15. The molecule has 7 nitrogen and oxygen atoms in total. The molecule has 1 aromatic carbocycles. The van der Waals surface area contributed by atoms with Crippen LogP contribution in [-0.4, -0.2) is 66.1 Å². The van der Waals surface area contributed by atoms with Crippen molar-refractivity contribution in [2.75, 3.05) is 44.2 Å². The Morgan fingerprint density at radius 2 is 1.93 bits per heavy atom. The molecule has 1 unspecified atom stereocenters. The molecule has 1 saturated carbocycles. The lowest BCUT2D eigenvalue weighted by Gasteiger charge is -2.39. The molecule has 29 heavy (non-hydrogen) atoms. The number of fused-ring (bicyclic) bond motifs is 1. The Kier molecular flexibility index (Phi) is 5.23. The Balaban J connectivity index is 1.28. The van der Waals surface area contributed by atoms with Crippen LogP contribution in [0.4, 0.5) is 5.69 Å². The fourth-order valence-corrected chi connectivity index (χ4v) is 4.38. The van der Waals surface area contributed by atoms with Crippen molar-refractivity contribution in [2.24, 2.45) is 5.92 Å². The van der Waals surface area contributed by atoms with Crippen molar-refractivity contribution in [1.29, 1.82) is 0 Å². The van der Waals surface area contributed by atoms with Crippen LogP contribution in [0, 0.1) is 5.92 Å². The molecule has 1 amide bonds. The van der Waals surface area contributed by atoms with Crippen molar-refractivity contribution in [3.8, 4) is 5.88 Å². The maximum Gasteiger partial charge on any atom is 0.237 e. The topological polar surface area (TPSA) is 70.6 Å². The second-order valence-corrected chi connectivity index (χ2v) is 8.46. The number of nitrogens with one attached hydrogen (secondary N) is 1. The van der Waals surface area contributed by atoms with Gasteiger partial charge in [0.25, 0.3) is 0 Å². The third-order valence-electron chi connectivity index (χ3n) is 6.36. The molecule has 3 fully saturated rings. The van der Waals surface area contributed by atoms with E-state index in [4.69, 9.17) is 4.74 Å². The Hall–Kier alpha value is -2.41. The van der Waals surface area contributed by atoms with Gasteiger partial charge in [-0.25, -0.2) is 9.97 Å². The Morgan fingerprint density at radius 3 is 2.76 bits per heavy atom. The highest BCUT2D eigenvalue weighted by molar-refractivity contribution is 5.86. The number of aromatic nitrogens is 2. The molecule has 7 heteroatoms. The molecule has 1 aromatic heterocycles. The summed E-state index contributed by atoms with van der Waals surface area (Å²) in [6.07, 6.45) is 7.29. The van der Waals surface area contributed by atoms with Gasteiger partial charge in [0.1, 0.15) is 6.33 Å². The highest BCUT2D eigenvalue weighted by Gasteiger charge is 2.30. The van der Waals surface area contributed by atoms with Gasteiger partial charge in [-0.3, -0.25) is 9.69 Å². The van der Waals surface area contributed by atoms with E-state index in [1.165, 1.54) is 18.5 Å². The lowest BCUT2D eigenvalue weighted by atomic mass is 10.1. The second-order valence-electron chi connectivity index (χ2n) is 8.46. The number of ether oxygens (including phenoxy) is 1. The van der Waals surface area contributed by atoms with E-state index in [-0.39, 0.29) is 11.9 Å². The molecule has 1 N–H and O–H groups in total. The van der Waals surface area contributed by atoms with Gasteiger partial charge in [-0.2, -0.15) is 0 Å². The lowest BCUT2D eigenvalue weighted by molar-refractivity contribution is -0.126. The van der Waals surface area contributed by atoms with Gasteiger partial charge in [-0.1, -0.05) is 0 Å². The first kappa shape index (κ1) is 18.6. The molecule has 2 aromatic rings. The van der Waals surface area contributed by atoms with Crippen LogP contribution < -0.4 is 15.0 Å². The van der Waals surface area contributed by atoms with Crippen LogP contribution in [0.5, 0.6) is 5.88 Å². The monoisotopic (exact) mass is 395 g/mol. The normalized spacial score (nSPS) is 23.7. The quantitative estimate of drug-likeness (QED) is 0.837. The van der Waals surface area contributed by atoms with Crippen molar-refractivity contribution in [2.45, 2.75) is 38.1 Å². The minimum absolute atomic E-state index is 0.0343. The standard InChI is InChI=1S/C22H29N5O2/c28-21-20(3-1-2-8-23-21)27-11-9-26(10-12-27)17-6-7-19-18(13-17)22(25-15-24-19)29-14-16-4-5-16/h6-7,13,15-16,20H,1-5,8-12,14H2,(H,23,28). The first-order valence-corrected chi connectivity index (χ1v) is 10.9. The number of benzene rings is 1. The largest absolute Gasteiger partial charge is 0.477 e. The van der Waals surface area contributed by atoms with E-state index in [1.807, 2.05) is 0 Å². The number of amides is 1. The molecule has 2 saturated heterocycles. The Bertz CT molecular complexity index is 877. The van der Waals surface area contributed by atoms with E-state index in [2.05, 4.69) is 43.3 Å². The van der Waals surface area contributed by atoms with E-state index >= 15 is 0 Å². The summed E-state index contributed by atoms with van der Waals surface area (Å²) in [5, 5.41) is 4.05. The maximum atomic E-state index is 12.4. The summed E-state index contributed by atoms with van der Waals surface area (Å²) in [5.41, 5.74) is 2.09. The summed E-state index contributed by atoms with van der Waals surface area (Å²) in [7, 11) is 0. The van der Waals surface area contributed by atoms with Gasteiger partial charge >= 0.3 is 0 Å². The number of piperazine rings is 1. The first-order valence-electron chi connectivity index (χ1n) is 10.9. The zero-order valence-corrected chi connectivity index (χ0v) is 16.8. The smallest absolute Gasteiger partial charge is 0.237 e. The molecule has 154 valence electrons. The van der Waals surface area contributed by atoms with Crippen molar-refractivity contribution in [3.63, 3.8) is 0 Å². The van der Waals surface area contributed by atoms with Crippen LogP contribution in [0.3, 0.4) is 0 Å². The van der Waals surface area contributed by atoms with Crippen molar-refractivity contribution >= 4 is 22.5 Å². The average Bonchev–Trinajstić information content (AvgIpc) is 3.60. The molecule has 1 aliphatic carbocycles. The first-order chi connectivity index (χ1) is 14.3. The predicted octanol–water partition coefficient (Wildman–Crippen LogP) is 2.21. The minimum atomic E-state index is 0.0343. The molecular formula is C22H29N5O2. The van der Waals surface area contributed by atoms with E-state index in [0.29, 0.717) is 11.8 Å². The van der Waals surface area contributed by atoms with Gasteiger partial charge in [-0.15, -0.1) is 0 Å². The van der Waals surface area contributed by atoms with Crippen LogP contribution in [0.2, 0.25) is 0 Å². The van der Waals surface area contributed by atoms with E-state index in [9.17, 15) is 4.79 Å². The SMILES string of the molecule is O=C1NCCCCC1N1CCN(c2ccc3ncnc(OCC4CC4)c3c2)CC1. The van der Waals surface area contributed by atoms with Crippen molar-refractivity contribution < 1.29 is 9.53 Å². The fraction of sp³-hybridized carbons (Fsp3) is 0.591. The molecule has 1 atom stereocenters. The molecule has 3 aliphatic rings. The fourth-order valence-electron chi connectivity index (χ4n) is 4.38. The van der Waals surface area contributed by atoms with Gasteiger partial charge in [0, 0.05) is 38.4 Å². The van der Waals surface area contributed by atoms with Crippen LogP contribution in [0.1, 0.15) is 32.1 Å². The van der Waals surface area contributed by atoms with E-state index in [0.717, 1.165) is 69.5 Å². The average molecular weight is 396 g/mol.